The van der Waals surface area contributed by atoms with E-state index in [2.05, 4.69) is 4.74 Å². The van der Waals surface area contributed by atoms with Gasteiger partial charge in [-0.25, -0.2) is 9.59 Å². The summed E-state index contributed by atoms with van der Waals surface area (Å²) in [5, 5.41) is 0.412. The summed E-state index contributed by atoms with van der Waals surface area (Å²) in [5.41, 5.74) is 0.230. The highest BCUT2D eigenvalue weighted by Crippen LogP contribution is 2.21. The molecule has 1 aliphatic carbocycles. The zero-order valence-corrected chi connectivity index (χ0v) is 11.2. The molecule has 0 atom stereocenters. The van der Waals surface area contributed by atoms with Crippen molar-refractivity contribution in [3.8, 4) is 0 Å². The lowest BCUT2D eigenvalue weighted by molar-refractivity contribution is 0.0130. The summed E-state index contributed by atoms with van der Waals surface area (Å²) < 4.78 is 9.73. The summed E-state index contributed by atoms with van der Waals surface area (Å²) in [6.45, 7) is 0. The number of halogens is 1. The fraction of sp³-hybridized carbons (Fsp3) is 0.429. The monoisotopic (exact) mass is 282 g/mol. The zero-order valence-electron chi connectivity index (χ0n) is 10.4. The van der Waals surface area contributed by atoms with E-state index < -0.39 is 12.1 Å². The van der Waals surface area contributed by atoms with Crippen LogP contribution in [0.5, 0.6) is 0 Å². The number of hydrogen-bond donors (Lipinski definition) is 0. The second-order valence-electron chi connectivity index (χ2n) is 4.53. The highest BCUT2D eigenvalue weighted by Gasteiger charge is 2.21. The molecule has 102 valence electrons. The molecule has 4 nitrogen and oxygen atoms in total. The fourth-order valence-electron chi connectivity index (χ4n) is 2.09. The summed E-state index contributed by atoms with van der Waals surface area (Å²) in [4.78, 5) is 23.1. The SMILES string of the molecule is O=C(OC(=O)c1cccc(Cl)c1)OC1CCCCC1. The van der Waals surface area contributed by atoms with Gasteiger partial charge < -0.3 is 9.47 Å². The van der Waals surface area contributed by atoms with Gasteiger partial charge in [0.2, 0.25) is 0 Å². The molecule has 1 aliphatic rings. The van der Waals surface area contributed by atoms with E-state index in [1.54, 1.807) is 12.1 Å². The molecular weight excluding hydrogens is 268 g/mol. The largest absolute Gasteiger partial charge is 0.516 e. The maximum Gasteiger partial charge on any atom is 0.516 e. The third kappa shape index (κ3) is 4.24. The van der Waals surface area contributed by atoms with Gasteiger partial charge in [0.05, 0.1) is 5.56 Å². The molecule has 0 radical (unpaired) electrons. The quantitative estimate of drug-likeness (QED) is 0.608. The maximum atomic E-state index is 11.7. The second kappa shape index (κ2) is 6.57. The number of carbonyl (C=O) groups is 2. The molecule has 19 heavy (non-hydrogen) atoms. The van der Waals surface area contributed by atoms with Gasteiger partial charge >= 0.3 is 12.1 Å². The molecule has 0 spiro atoms. The Bertz CT molecular complexity index is 466. The summed E-state index contributed by atoms with van der Waals surface area (Å²) >= 11 is 5.76. The summed E-state index contributed by atoms with van der Waals surface area (Å²) in [5.74, 6) is -0.747. The van der Waals surface area contributed by atoms with Crippen LogP contribution in [0.4, 0.5) is 4.79 Å². The van der Waals surface area contributed by atoms with Crippen LogP contribution in [0, 0.1) is 0 Å². The predicted octanol–water partition coefficient (Wildman–Crippen LogP) is 3.97. The van der Waals surface area contributed by atoms with Crippen molar-refractivity contribution in [1.82, 2.24) is 0 Å². The van der Waals surface area contributed by atoms with E-state index in [-0.39, 0.29) is 11.7 Å². The van der Waals surface area contributed by atoms with Crippen molar-refractivity contribution in [2.75, 3.05) is 0 Å². The van der Waals surface area contributed by atoms with Crippen LogP contribution in [0.15, 0.2) is 24.3 Å². The van der Waals surface area contributed by atoms with E-state index in [4.69, 9.17) is 16.3 Å². The van der Waals surface area contributed by atoms with Crippen molar-refractivity contribution in [3.05, 3.63) is 34.9 Å². The first-order chi connectivity index (χ1) is 9.15. The highest BCUT2D eigenvalue weighted by molar-refractivity contribution is 6.30. The molecule has 0 aliphatic heterocycles. The molecule has 0 bridgehead atoms. The average Bonchev–Trinajstić information content (AvgIpc) is 2.39. The minimum Gasteiger partial charge on any atom is -0.431 e. The number of hydrogen-bond acceptors (Lipinski definition) is 4. The minimum absolute atomic E-state index is 0.131. The van der Waals surface area contributed by atoms with Crippen LogP contribution in [-0.2, 0) is 9.47 Å². The smallest absolute Gasteiger partial charge is 0.431 e. The van der Waals surface area contributed by atoms with Gasteiger partial charge in [-0.3, -0.25) is 0 Å². The van der Waals surface area contributed by atoms with Gasteiger partial charge in [0, 0.05) is 5.02 Å². The molecule has 2 rings (SSSR count). The van der Waals surface area contributed by atoms with Crippen molar-refractivity contribution in [1.29, 1.82) is 0 Å². The van der Waals surface area contributed by atoms with Gasteiger partial charge in [-0.1, -0.05) is 24.1 Å². The maximum absolute atomic E-state index is 11.7. The van der Waals surface area contributed by atoms with Crippen molar-refractivity contribution in [2.24, 2.45) is 0 Å². The Morgan fingerprint density at radius 3 is 2.58 bits per heavy atom. The summed E-state index contributed by atoms with van der Waals surface area (Å²) in [6.07, 6.45) is 3.85. The number of carbonyl (C=O) groups excluding carboxylic acids is 2. The van der Waals surface area contributed by atoms with E-state index in [1.807, 2.05) is 0 Å². The molecule has 0 heterocycles. The second-order valence-corrected chi connectivity index (χ2v) is 4.96. The molecule has 0 saturated heterocycles. The first-order valence-corrected chi connectivity index (χ1v) is 6.71. The van der Waals surface area contributed by atoms with Crippen LogP contribution in [0.3, 0.4) is 0 Å². The average molecular weight is 283 g/mol. The van der Waals surface area contributed by atoms with Gasteiger partial charge in [-0.15, -0.1) is 0 Å². The number of ether oxygens (including phenoxy) is 2. The molecule has 0 aromatic heterocycles. The normalized spacial score (nSPS) is 15.8. The lowest BCUT2D eigenvalue weighted by Gasteiger charge is -2.20. The topological polar surface area (TPSA) is 52.6 Å². The number of esters is 1. The zero-order chi connectivity index (χ0) is 13.7. The molecule has 0 unspecified atom stereocenters. The Morgan fingerprint density at radius 2 is 1.89 bits per heavy atom. The van der Waals surface area contributed by atoms with E-state index in [1.165, 1.54) is 12.1 Å². The van der Waals surface area contributed by atoms with Crippen molar-refractivity contribution in [3.63, 3.8) is 0 Å². The standard InChI is InChI=1S/C14H15ClO4/c15-11-6-4-5-10(9-11)13(16)19-14(17)18-12-7-2-1-3-8-12/h4-6,9,12H,1-3,7-8H2. The molecule has 1 aromatic rings. The van der Waals surface area contributed by atoms with E-state index in [0.29, 0.717) is 5.02 Å². The summed E-state index contributed by atoms with van der Waals surface area (Å²) in [6, 6.07) is 6.23. The van der Waals surface area contributed by atoms with E-state index in [9.17, 15) is 9.59 Å². The van der Waals surface area contributed by atoms with Gasteiger partial charge in [0.15, 0.2) is 0 Å². The Kier molecular flexibility index (Phi) is 4.80. The van der Waals surface area contributed by atoms with Crippen LogP contribution in [-0.4, -0.2) is 18.2 Å². The van der Waals surface area contributed by atoms with Crippen LogP contribution in [0.1, 0.15) is 42.5 Å². The third-order valence-corrected chi connectivity index (χ3v) is 3.29. The van der Waals surface area contributed by atoms with Crippen molar-refractivity contribution >= 4 is 23.7 Å². The minimum atomic E-state index is -0.933. The molecule has 1 fully saturated rings. The van der Waals surface area contributed by atoms with Crippen LogP contribution in [0.2, 0.25) is 5.02 Å². The number of benzene rings is 1. The number of rotatable bonds is 2. The third-order valence-electron chi connectivity index (χ3n) is 3.05. The van der Waals surface area contributed by atoms with Crippen molar-refractivity contribution < 1.29 is 19.1 Å². The lowest BCUT2D eigenvalue weighted by Crippen LogP contribution is -2.23. The predicted molar refractivity (Wildman–Crippen MR) is 70.2 cm³/mol. The van der Waals surface area contributed by atoms with Crippen LogP contribution in [0.25, 0.3) is 0 Å². The lowest BCUT2D eigenvalue weighted by atomic mass is 9.98. The first-order valence-electron chi connectivity index (χ1n) is 6.33. The van der Waals surface area contributed by atoms with E-state index >= 15 is 0 Å². The Morgan fingerprint density at radius 1 is 1.16 bits per heavy atom. The Balaban J connectivity index is 1.86. The van der Waals surface area contributed by atoms with Crippen LogP contribution < -0.4 is 0 Å². The van der Waals surface area contributed by atoms with Gasteiger partial charge in [-0.05, 0) is 43.9 Å². The Hall–Kier alpha value is -1.55. The highest BCUT2D eigenvalue weighted by atomic mass is 35.5. The van der Waals surface area contributed by atoms with E-state index in [0.717, 1.165) is 32.1 Å². The van der Waals surface area contributed by atoms with Gasteiger partial charge in [-0.2, -0.15) is 0 Å². The molecule has 1 saturated carbocycles. The fourth-order valence-corrected chi connectivity index (χ4v) is 2.28. The van der Waals surface area contributed by atoms with Crippen LogP contribution >= 0.6 is 11.6 Å². The molecular formula is C14H15ClO4. The van der Waals surface area contributed by atoms with Gasteiger partial charge in [0.1, 0.15) is 6.10 Å². The molecule has 1 aromatic carbocycles. The van der Waals surface area contributed by atoms with Crippen molar-refractivity contribution in [2.45, 2.75) is 38.2 Å². The van der Waals surface area contributed by atoms with Gasteiger partial charge in [0.25, 0.3) is 0 Å². The molecule has 0 N–H and O–H groups in total. The summed E-state index contributed by atoms with van der Waals surface area (Å²) in [7, 11) is 0. The molecule has 5 heteroatoms. The first kappa shape index (κ1) is 13.9. The Labute approximate surface area is 116 Å². The molecule has 0 amide bonds.